The molecular formula is C22H13F9N4O. The highest BCUT2D eigenvalue weighted by Crippen LogP contribution is 2.42. The number of hydrogen-bond donors (Lipinski definition) is 2. The second-order valence-electron chi connectivity index (χ2n) is 7.85. The molecule has 1 heterocycles. The van der Waals surface area contributed by atoms with E-state index in [1.165, 1.54) is 12.1 Å². The van der Waals surface area contributed by atoms with Gasteiger partial charge in [-0.1, -0.05) is 6.07 Å². The topological polar surface area (TPSA) is 88.7 Å². The lowest BCUT2D eigenvalue weighted by Crippen LogP contribution is -2.46. The molecule has 14 heteroatoms. The second-order valence-corrected chi connectivity index (χ2v) is 7.85. The Morgan fingerprint density at radius 2 is 1.53 bits per heavy atom. The molecule has 190 valence electrons. The van der Waals surface area contributed by atoms with Crippen LogP contribution in [0.3, 0.4) is 0 Å². The predicted molar refractivity (Wildman–Crippen MR) is 105 cm³/mol. The van der Waals surface area contributed by atoms with Gasteiger partial charge in [0.25, 0.3) is 0 Å². The lowest BCUT2D eigenvalue weighted by molar-refractivity contribution is -0.156. The molecule has 1 saturated heterocycles. The highest BCUT2D eigenvalue weighted by atomic mass is 19.4. The Morgan fingerprint density at radius 3 is 2.06 bits per heavy atom. The standard InChI is InChI=1S/C22H13F9N4O/c23-20(24,25)14-6-11(2-3-12(14)9-33)13-7-17(34-18(13)22(29,30)31)19(36)35-16-4-1-10(8-32)5-15(16)21(26,27)28/h1-6,13,17-18,34H,7H2,(H,35,36). The number of alkyl halides is 9. The summed E-state index contributed by atoms with van der Waals surface area (Å²) in [4.78, 5) is 12.6. The van der Waals surface area contributed by atoms with Gasteiger partial charge in [0.15, 0.2) is 0 Å². The highest BCUT2D eigenvalue weighted by molar-refractivity contribution is 5.96. The van der Waals surface area contributed by atoms with E-state index in [-0.39, 0.29) is 5.56 Å². The molecule has 1 fully saturated rings. The van der Waals surface area contributed by atoms with Crippen LogP contribution >= 0.6 is 0 Å². The van der Waals surface area contributed by atoms with Crippen LogP contribution in [0, 0.1) is 22.7 Å². The molecule has 1 aliphatic heterocycles. The van der Waals surface area contributed by atoms with E-state index < -0.39 is 76.8 Å². The highest BCUT2D eigenvalue weighted by Gasteiger charge is 2.52. The van der Waals surface area contributed by atoms with E-state index in [1.54, 1.807) is 0 Å². The zero-order chi connectivity index (χ0) is 27.1. The third-order valence-electron chi connectivity index (χ3n) is 5.55. The number of nitriles is 2. The Labute approximate surface area is 197 Å². The summed E-state index contributed by atoms with van der Waals surface area (Å²) >= 11 is 0. The molecule has 5 nitrogen and oxygen atoms in total. The first-order chi connectivity index (χ1) is 16.6. The Kier molecular flexibility index (Phi) is 6.97. The van der Waals surface area contributed by atoms with Crippen LogP contribution in [0.2, 0.25) is 0 Å². The lowest BCUT2D eigenvalue weighted by Gasteiger charge is -2.23. The molecule has 0 saturated carbocycles. The molecule has 0 aliphatic carbocycles. The third-order valence-corrected chi connectivity index (χ3v) is 5.55. The Hall–Kier alpha value is -3.78. The predicted octanol–water partition coefficient (Wildman–Crippen LogP) is 5.48. The van der Waals surface area contributed by atoms with E-state index in [1.807, 2.05) is 10.6 Å². The number of carbonyl (C=O) groups is 1. The van der Waals surface area contributed by atoms with Gasteiger partial charge in [0.1, 0.15) is 6.04 Å². The van der Waals surface area contributed by atoms with Crippen molar-refractivity contribution in [3.05, 3.63) is 64.2 Å². The molecule has 2 aromatic carbocycles. The summed E-state index contributed by atoms with van der Waals surface area (Å²) < 4.78 is 121. The van der Waals surface area contributed by atoms with Crippen molar-refractivity contribution in [3.63, 3.8) is 0 Å². The SMILES string of the molecule is N#Cc1ccc(NC(=O)C2CC(c3ccc(C#N)c(C(F)(F)F)c3)C(C(F)(F)F)N2)c(C(F)(F)F)c1. The van der Waals surface area contributed by atoms with Crippen molar-refractivity contribution in [1.29, 1.82) is 10.5 Å². The summed E-state index contributed by atoms with van der Waals surface area (Å²) in [5.74, 6) is -3.00. The maximum Gasteiger partial charge on any atom is 0.418 e. The number of benzene rings is 2. The van der Waals surface area contributed by atoms with E-state index in [0.717, 1.165) is 18.2 Å². The molecule has 2 N–H and O–H groups in total. The van der Waals surface area contributed by atoms with Gasteiger partial charge in [-0.15, -0.1) is 0 Å². The largest absolute Gasteiger partial charge is 0.418 e. The van der Waals surface area contributed by atoms with Gasteiger partial charge in [0.2, 0.25) is 5.91 Å². The Morgan fingerprint density at radius 1 is 0.889 bits per heavy atom. The van der Waals surface area contributed by atoms with Gasteiger partial charge >= 0.3 is 18.5 Å². The minimum absolute atomic E-state index is 0.377. The maximum atomic E-state index is 13.7. The lowest BCUT2D eigenvalue weighted by atomic mass is 9.88. The van der Waals surface area contributed by atoms with Crippen LogP contribution in [0.15, 0.2) is 36.4 Å². The van der Waals surface area contributed by atoms with E-state index >= 15 is 0 Å². The molecule has 3 atom stereocenters. The number of nitrogens with one attached hydrogen (secondary N) is 2. The summed E-state index contributed by atoms with van der Waals surface area (Å²) in [7, 11) is 0. The minimum Gasteiger partial charge on any atom is -0.324 e. The fourth-order valence-electron chi connectivity index (χ4n) is 3.93. The normalized spacial score (nSPS) is 20.5. The number of amides is 1. The number of carbonyl (C=O) groups excluding carboxylic acids is 1. The minimum atomic E-state index is -5.04. The first-order valence-corrected chi connectivity index (χ1v) is 9.92. The van der Waals surface area contributed by atoms with Crippen molar-refractivity contribution >= 4 is 11.6 Å². The fourth-order valence-corrected chi connectivity index (χ4v) is 3.93. The molecule has 3 unspecified atom stereocenters. The second kappa shape index (κ2) is 9.35. The van der Waals surface area contributed by atoms with Gasteiger partial charge in [-0.05, 0) is 42.3 Å². The zero-order valence-electron chi connectivity index (χ0n) is 17.6. The zero-order valence-corrected chi connectivity index (χ0v) is 17.6. The third kappa shape index (κ3) is 5.54. The molecule has 1 aliphatic rings. The van der Waals surface area contributed by atoms with Crippen molar-refractivity contribution in [3.8, 4) is 12.1 Å². The summed E-state index contributed by atoms with van der Waals surface area (Å²) in [6, 6.07) is 2.78. The monoisotopic (exact) mass is 520 g/mol. The van der Waals surface area contributed by atoms with Gasteiger partial charge in [0.05, 0.1) is 46.1 Å². The summed E-state index contributed by atoms with van der Waals surface area (Å²) in [6.45, 7) is 0. The maximum absolute atomic E-state index is 13.7. The van der Waals surface area contributed by atoms with Gasteiger partial charge < -0.3 is 5.32 Å². The van der Waals surface area contributed by atoms with Gasteiger partial charge in [-0.2, -0.15) is 50.0 Å². The molecule has 0 radical (unpaired) electrons. The van der Waals surface area contributed by atoms with E-state index in [0.29, 0.717) is 18.2 Å². The molecule has 1 amide bonds. The Bertz CT molecular complexity index is 1250. The summed E-state index contributed by atoms with van der Waals surface area (Å²) in [6.07, 6.45) is -15.8. The van der Waals surface area contributed by atoms with Crippen molar-refractivity contribution in [2.45, 2.75) is 43.0 Å². The summed E-state index contributed by atoms with van der Waals surface area (Å²) in [5.41, 5.74) is -5.31. The molecule has 2 aromatic rings. The summed E-state index contributed by atoms with van der Waals surface area (Å²) in [5, 5.41) is 21.5. The van der Waals surface area contributed by atoms with Gasteiger partial charge in [-0.25, -0.2) is 0 Å². The fraction of sp³-hybridized carbons (Fsp3) is 0.318. The number of hydrogen-bond acceptors (Lipinski definition) is 4. The average Bonchev–Trinajstić information content (AvgIpc) is 3.24. The van der Waals surface area contributed by atoms with Gasteiger partial charge in [0, 0.05) is 5.92 Å². The van der Waals surface area contributed by atoms with Crippen LogP contribution in [-0.2, 0) is 17.1 Å². The van der Waals surface area contributed by atoms with Crippen molar-refractivity contribution in [2.24, 2.45) is 0 Å². The Balaban J connectivity index is 1.95. The smallest absolute Gasteiger partial charge is 0.324 e. The average molecular weight is 520 g/mol. The van der Waals surface area contributed by atoms with E-state index in [9.17, 15) is 44.3 Å². The molecule has 0 spiro atoms. The first kappa shape index (κ1) is 26.8. The van der Waals surface area contributed by atoms with Crippen LogP contribution in [0.4, 0.5) is 45.2 Å². The molecule has 0 bridgehead atoms. The van der Waals surface area contributed by atoms with Crippen molar-refractivity contribution < 1.29 is 44.3 Å². The van der Waals surface area contributed by atoms with E-state index in [4.69, 9.17) is 10.5 Å². The molecular weight excluding hydrogens is 507 g/mol. The van der Waals surface area contributed by atoms with E-state index in [2.05, 4.69) is 0 Å². The number of halogens is 9. The van der Waals surface area contributed by atoms with Crippen LogP contribution in [0.5, 0.6) is 0 Å². The quantitative estimate of drug-likeness (QED) is 0.525. The molecule has 0 aromatic heterocycles. The van der Waals surface area contributed by atoms with Crippen LogP contribution in [-0.4, -0.2) is 24.2 Å². The molecule has 3 rings (SSSR count). The van der Waals surface area contributed by atoms with Gasteiger partial charge in [-0.3, -0.25) is 10.1 Å². The number of nitrogens with zero attached hydrogens (tertiary/aromatic N) is 2. The number of rotatable bonds is 3. The molecule has 36 heavy (non-hydrogen) atoms. The first-order valence-electron chi connectivity index (χ1n) is 9.92. The number of anilines is 1. The van der Waals surface area contributed by atoms with Crippen LogP contribution in [0.25, 0.3) is 0 Å². The van der Waals surface area contributed by atoms with Crippen LogP contribution < -0.4 is 10.6 Å². The van der Waals surface area contributed by atoms with Crippen molar-refractivity contribution in [1.82, 2.24) is 5.32 Å². The van der Waals surface area contributed by atoms with Crippen LogP contribution in [0.1, 0.15) is 40.2 Å². The van der Waals surface area contributed by atoms with Crippen molar-refractivity contribution in [2.75, 3.05) is 5.32 Å².